The number of nitrogens with zero attached hydrogens (tertiary/aromatic N) is 2. The molecule has 1 unspecified atom stereocenters. The largest absolute Gasteiger partial charge is 0.450 e. The number of piperidine rings is 1. The SMILES string of the molecule is CCOC(=O)N1CCC(NCCN(C)C(C)CC)CC1. The van der Waals surface area contributed by atoms with Crippen molar-refractivity contribution in [1.82, 2.24) is 15.1 Å². The average Bonchev–Trinajstić information content (AvgIpc) is 2.47. The highest BCUT2D eigenvalue weighted by Gasteiger charge is 2.23. The molecule has 5 nitrogen and oxygen atoms in total. The lowest BCUT2D eigenvalue weighted by atomic mass is 10.1. The molecule has 0 bridgehead atoms. The van der Waals surface area contributed by atoms with Crippen molar-refractivity contribution in [3.63, 3.8) is 0 Å². The van der Waals surface area contributed by atoms with Crippen LogP contribution in [-0.2, 0) is 4.74 Å². The van der Waals surface area contributed by atoms with Gasteiger partial charge in [0, 0.05) is 38.3 Å². The van der Waals surface area contributed by atoms with Crippen molar-refractivity contribution in [3.05, 3.63) is 0 Å². The van der Waals surface area contributed by atoms with Gasteiger partial charge in [0.1, 0.15) is 0 Å². The maximum absolute atomic E-state index is 11.6. The smallest absolute Gasteiger partial charge is 0.409 e. The maximum Gasteiger partial charge on any atom is 0.409 e. The number of nitrogens with one attached hydrogen (secondary N) is 1. The van der Waals surface area contributed by atoms with E-state index >= 15 is 0 Å². The third-order valence-corrected chi connectivity index (χ3v) is 4.26. The number of rotatable bonds is 7. The first-order valence-electron chi connectivity index (χ1n) is 7.93. The Morgan fingerprint density at radius 3 is 2.60 bits per heavy atom. The van der Waals surface area contributed by atoms with Gasteiger partial charge in [-0.3, -0.25) is 0 Å². The first-order chi connectivity index (χ1) is 9.58. The molecule has 0 saturated carbocycles. The number of carbonyl (C=O) groups is 1. The third-order valence-electron chi connectivity index (χ3n) is 4.26. The van der Waals surface area contributed by atoms with Crippen LogP contribution in [0.1, 0.15) is 40.0 Å². The van der Waals surface area contributed by atoms with Crippen LogP contribution in [0.25, 0.3) is 0 Å². The highest BCUT2D eigenvalue weighted by Crippen LogP contribution is 2.11. The van der Waals surface area contributed by atoms with E-state index in [2.05, 4.69) is 31.1 Å². The second-order valence-electron chi connectivity index (χ2n) is 5.65. The zero-order valence-electron chi connectivity index (χ0n) is 13.5. The fourth-order valence-electron chi connectivity index (χ4n) is 2.46. The normalized spacial score (nSPS) is 18.4. The van der Waals surface area contributed by atoms with Gasteiger partial charge in [0.15, 0.2) is 0 Å². The molecule has 1 heterocycles. The number of likely N-dealkylation sites (tertiary alicyclic amines) is 1. The van der Waals surface area contributed by atoms with E-state index in [-0.39, 0.29) is 6.09 Å². The Morgan fingerprint density at radius 2 is 2.05 bits per heavy atom. The topological polar surface area (TPSA) is 44.8 Å². The number of amides is 1. The molecule has 1 saturated heterocycles. The van der Waals surface area contributed by atoms with Crippen LogP contribution in [0, 0.1) is 0 Å². The Kier molecular flexibility index (Phi) is 7.92. The van der Waals surface area contributed by atoms with Crippen molar-refractivity contribution in [2.24, 2.45) is 0 Å². The predicted octanol–water partition coefficient (Wildman–Crippen LogP) is 1.93. The summed E-state index contributed by atoms with van der Waals surface area (Å²) >= 11 is 0. The minimum Gasteiger partial charge on any atom is -0.450 e. The van der Waals surface area contributed by atoms with E-state index in [0.29, 0.717) is 18.7 Å². The highest BCUT2D eigenvalue weighted by atomic mass is 16.6. The zero-order valence-corrected chi connectivity index (χ0v) is 13.5. The number of hydrogen-bond acceptors (Lipinski definition) is 4. The Bertz CT molecular complexity index is 278. The second kappa shape index (κ2) is 9.19. The van der Waals surface area contributed by atoms with Gasteiger partial charge in [-0.05, 0) is 40.2 Å². The summed E-state index contributed by atoms with van der Waals surface area (Å²) in [5.41, 5.74) is 0. The molecule has 1 aliphatic rings. The van der Waals surface area contributed by atoms with Crippen LogP contribution in [0.15, 0.2) is 0 Å². The molecule has 20 heavy (non-hydrogen) atoms. The third kappa shape index (κ3) is 5.67. The summed E-state index contributed by atoms with van der Waals surface area (Å²) in [5, 5.41) is 3.60. The first-order valence-corrected chi connectivity index (χ1v) is 7.93. The molecule has 0 aromatic carbocycles. The van der Waals surface area contributed by atoms with Crippen molar-refractivity contribution < 1.29 is 9.53 Å². The lowest BCUT2D eigenvalue weighted by molar-refractivity contribution is 0.0948. The molecule has 0 aromatic heterocycles. The van der Waals surface area contributed by atoms with Gasteiger partial charge in [-0.2, -0.15) is 0 Å². The Morgan fingerprint density at radius 1 is 1.40 bits per heavy atom. The molecular formula is C15H31N3O2. The van der Waals surface area contributed by atoms with Crippen molar-refractivity contribution >= 4 is 6.09 Å². The van der Waals surface area contributed by atoms with Gasteiger partial charge in [0.05, 0.1) is 6.61 Å². The van der Waals surface area contributed by atoms with Crippen LogP contribution in [0.5, 0.6) is 0 Å². The molecule has 1 N–H and O–H groups in total. The molecule has 5 heteroatoms. The van der Waals surface area contributed by atoms with Crippen molar-refractivity contribution in [2.45, 2.75) is 52.1 Å². The van der Waals surface area contributed by atoms with Crippen molar-refractivity contribution in [1.29, 1.82) is 0 Å². The molecule has 0 aromatic rings. The van der Waals surface area contributed by atoms with Crippen LogP contribution < -0.4 is 5.32 Å². The van der Waals surface area contributed by atoms with Gasteiger partial charge in [-0.15, -0.1) is 0 Å². The molecular weight excluding hydrogens is 254 g/mol. The average molecular weight is 285 g/mol. The van der Waals surface area contributed by atoms with Gasteiger partial charge >= 0.3 is 6.09 Å². The van der Waals surface area contributed by atoms with E-state index in [9.17, 15) is 4.79 Å². The fourth-order valence-corrected chi connectivity index (χ4v) is 2.46. The number of likely N-dealkylation sites (N-methyl/N-ethyl adjacent to an activating group) is 1. The molecule has 1 atom stereocenters. The summed E-state index contributed by atoms with van der Waals surface area (Å²) < 4.78 is 5.03. The van der Waals surface area contributed by atoms with Crippen LogP contribution in [0.4, 0.5) is 4.79 Å². The summed E-state index contributed by atoms with van der Waals surface area (Å²) in [7, 11) is 2.18. The summed E-state index contributed by atoms with van der Waals surface area (Å²) in [6.07, 6.45) is 3.06. The van der Waals surface area contributed by atoms with E-state index in [1.807, 2.05) is 11.8 Å². The highest BCUT2D eigenvalue weighted by molar-refractivity contribution is 5.67. The number of ether oxygens (including phenoxy) is 1. The van der Waals surface area contributed by atoms with Gasteiger partial charge in [0.25, 0.3) is 0 Å². The first kappa shape index (κ1) is 17.2. The number of hydrogen-bond donors (Lipinski definition) is 1. The lowest BCUT2D eigenvalue weighted by Gasteiger charge is -2.32. The minimum absolute atomic E-state index is 0.164. The van der Waals surface area contributed by atoms with E-state index in [1.165, 1.54) is 6.42 Å². The fraction of sp³-hybridized carbons (Fsp3) is 0.933. The second-order valence-corrected chi connectivity index (χ2v) is 5.65. The van der Waals surface area contributed by atoms with Crippen LogP contribution in [0.3, 0.4) is 0 Å². The standard InChI is InChI=1S/C15H31N3O2/c1-5-13(3)17(4)12-9-16-14-7-10-18(11-8-14)15(19)20-6-2/h13-14,16H,5-12H2,1-4H3. The van der Waals surface area contributed by atoms with E-state index < -0.39 is 0 Å². The summed E-state index contributed by atoms with van der Waals surface area (Å²) in [6, 6.07) is 1.17. The Balaban J connectivity index is 2.15. The van der Waals surface area contributed by atoms with Crippen molar-refractivity contribution in [2.75, 3.05) is 39.8 Å². The van der Waals surface area contributed by atoms with Crippen molar-refractivity contribution in [3.8, 4) is 0 Å². The lowest BCUT2D eigenvalue weighted by Crippen LogP contribution is -2.46. The molecule has 1 aliphatic heterocycles. The van der Waals surface area contributed by atoms with E-state index in [0.717, 1.165) is 39.0 Å². The summed E-state index contributed by atoms with van der Waals surface area (Å²) in [5.74, 6) is 0. The molecule has 0 aliphatic carbocycles. The summed E-state index contributed by atoms with van der Waals surface area (Å²) in [6.45, 7) is 10.5. The zero-order chi connectivity index (χ0) is 15.0. The van der Waals surface area contributed by atoms with Gasteiger partial charge in [0.2, 0.25) is 0 Å². The molecule has 1 amide bonds. The van der Waals surface area contributed by atoms with Gasteiger partial charge in [-0.1, -0.05) is 6.92 Å². The minimum atomic E-state index is -0.164. The molecule has 0 spiro atoms. The van der Waals surface area contributed by atoms with E-state index in [1.54, 1.807) is 0 Å². The monoisotopic (exact) mass is 285 g/mol. The molecule has 1 rings (SSSR count). The number of carbonyl (C=O) groups excluding carboxylic acids is 1. The van der Waals surface area contributed by atoms with E-state index in [4.69, 9.17) is 4.74 Å². The summed E-state index contributed by atoms with van der Waals surface area (Å²) in [4.78, 5) is 15.8. The quantitative estimate of drug-likeness (QED) is 0.776. The van der Waals surface area contributed by atoms with Gasteiger partial charge in [-0.25, -0.2) is 4.79 Å². The van der Waals surface area contributed by atoms with Gasteiger partial charge < -0.3 is 19.9 Å². The predicted molar refractivity (Wildman–Crippen MR) is 82.0 cm³/mol. The molecule has 0 radical (unpaired) electrons. The van der Waals surface area contributed by atoms with Crippen LogP contribution in [0.2, 0.25) is 0 Å². The van der Waals surface area contributed by atoms with Crippen LogP contribution in [-0.4, -0.2) is 67.8 Å². The molecule has 1 fully saturated rings. The Labute approximate surface area is 123 Å². The maximum atomic E-state index is 11.6. The molecule has 118 valence electrons. The Hall–Kier alpha value is -0.810. The van der Waals surface area contributed by atoms with Crippen LogP contribution >= 0.6 is 0 Å².